The Balaban J connectivity index is 3.61. The minimum atomic E-state index is -3.93. The summed E-state index contributed by atoms with van der Waals surface area (Å²) in [4.78, 5) is 25.1. The fourth-order valence-corrected chi connectivity index (χ4v) is 0.895. The van der Waals surface area contributed by atoms with Crippen LogP contribution >= 0.6 is 25.8 Å². The van der Waals surface area contributed by atoms with Gasteiger partial charge in [0.1, 0.15) is 0 Å². The van der Waals surface area contributed by atoms with Crippen molar-refractivity contribution < 1.29 is 28.3 Å². The predicted octanol–water partition coefficient (Wildman–Crippen LogP) is 0.216. The van der Waals surface area contributed by atoms with Gasteiger partial charge in [-0.2, -0.15) is 0 Å². The SMILES string of the molecule is O=P(O)(S)OCOP(O)(O)=S. The fourth-order valence-electron chi connectivity index (χ4n) is 0.161. The first kappa shape index (κ1) is 12.0. The first-order chi connectivity index (χ1) is 4.71. The van der Waals surface area contributed by atoms with Gasteiger partial charge in [-0.1, -0.05) is 12.2 Å². The standard InChI is InChI=1S/CH6O6P2S2/c2-8(3,10)6-1-7-9(4,5)11/h1H2,(H2,2,3,10)(H2,4,5,11). The lowest BCUT2D eigenvalue weighted by molar-refractivity contribution is 0.0975. The molecule has 3 N–H and O–H groups in total. The molecule has 0 amide bonds. The summed E-state index contributed by atoms with van der Waals surface area (Å²) in [7, 11) is 0. The first-order valence-electron chi connectivity index (χ1n) is 2.11. The van der Waals surface area contributed by atoms with Crippen LogP contribution in [-0.2, 0) is 25.4 Å². The maximum absolute atomic E-state index is 10.2. The van der Waals surface area contributed by atoms with Gasteiger partial charge in [-0.15, -0.1) is 0 Å². The van der Waals surface area contributed by atoms with Crippen LogP contribution in [0.1, 0.15) is 0 Å². The maximum atomic E-state index is 10.2. The Hall–Kier alpha value is 1.03. The zero-order chi connectivity index (χ0) is 9.12. The molecule has 0 aliphatic heterocycles. The average Bonchev–Trinajstić information content (AvgIpc) is 1.55. The molecule has 11 heavy (non-hydrogen) atoms. The van der Waals surface area contributed by atoms with Gasteiger partial charge in [0, 0.05) is 0 Å². The Morgan fingerprint density at radius 2 is 1.82 bits per heavy atom. The van der Waals surface area contributed by atoms with Crippen molar-refractivity contribution in [1.29, 1.82) is 0 Å². The molecule has 1 unspecified atom stereocenters. The Kier molecular flexibility index (Phi) is 4.72. The van der Waals surface area contributed by atoms with E-state index < -0.39 is 20.3 Å². The van der Waals surface area contributed by atoms with Crippen LogP contribution < -0.4 is 0 Å². The monoisotopic (exact) mass is 240 g/mol. The highest BCUT2D eigenvalue weighted by molar-refractivity contribution is 8.44. The second kappa shape index (κ2) is 4.32. The van der Waals surface area contributed by atoms with E-state index in [1.807, 2.05) is 0 Å². The van der Waals surface area contributed by atoms with E-state index in [4.69, 9.17) is 14.7 Å². The minimum absolute atomic E-state index is 0.776. The molecule has 0 heterocycles. The van der Waals surface area contributed by atoms with Gasteiger partial charge in [-0.05, 0) is 11.8 Å². The van der Waals surface area contributed by atoms with Crippen molar-refractivity contribution in [2.45, 2.75) is 0 Å². The van der Waals surface area contributed by atoms with Crippen LogP contribution in [0.25, 0.3) is 0 Å². The molecular formula is CH6O6P2S2. The second-order valence-electron chi connectivity index (χ2n) is 1.36. The molecule has 1 atom stereocenters. The van der Waals surface area contributed by atoms with Crippen molar-refractivity contribution in [3.63, 3.8) is 0 Å². The van der Waals surface area contributed by atoms with E-state index in [-0.39, 0.29) is 0 Å². The number of thiol groups is 1. The van der Waals surface area contributed by atoms with Crippen molar-refractivity contribution >= 4 is 37.6 Å². The van der Waals surface area contributed by atoms with Crippen LogP contribution in [0.3, 0.4) is 0 Å². The molecule has 0 aliphatic carbocycles. The molecule has 0 saturated carbocycles. The van der Waals surface area contributed by atoms with Gasteiger partial charge in [0.25, 0.3) is 0 Å². The van der Waals surface area contributed by atoms with Crippen molar-refractivity contribution in [1.82, 2.24) is 0 Å². The van der Waals surface area contributed by atoms with Gasteiger partial charge in [-0.3, -0.25) is 9.05 Å². The first-order valence-corrected chi connectivity index (χ1v) is 7.46. The van der Waals surface area contributed by atoms with Crippen molar-refractivity contribution in [3.8, 4) is 0 Å². The van der Waals surface area contributed by atoms with Crippen LogP contribution in [0, 0.1) is 0 Å². The summed E-state index contributed by atoms with van der Waals surface area (Å²) in [6, 6.07) is 0. The van der Waals surface area contributed by atoms with E-state index >= 15 is 0 Å². The molecule has 0 saturated heterocycles. The molecule has 0 spiro atoms. The lowest BCUT2D eigenvalue weighted by Gasteiger charge is -2.09. The number of hydrogen-bond donors (Lipinski definition) is 4. The van der Waals surface area contributed by atoms with E-state index in [1.54, 1.807) is 0 Å². The molecule has 0 aromatic carbocycles. The Morgan fingerprint density at radius 3 is 2.09 bits per heavy atom. The summed E-state index contributed by atoms with van der Waals surface area (Å²) < 4.78 is 18.3. The molecule has 0 aliphatic rings. The minimum Gasteiger partial charge on any atom is -0.324 e. The topological polar surface area (TPSA) is 96.2 Å². The van der Waals surface area contributed by atoms with Crippen LogP contribution in [-0.4, -0.2) is 21.5 Å². The van der Waals surface area contributed by atoms with E-state index in [0.717, 1.165) is 0 Å². The van der Waals surface area contributed by atoms with E-state index in [9.17, 15) is 4.57 Å². The summed E-state index contributed by atoms with van der Waals surface area (Å²) in [5.74, 6) is 0. The van der Waals surface area contributed by atoms with Gasteiger partial charge >= 0.3 is 13.5 Å². The summed E-state index contributed by atoms with van der Waals surface area (Å²) in [6.07, 6.45) is 0. The van der Waals surface area contributed by atoms with Crippen LogP contribution in [0.15, 0.2) is 0 Å². The molecule has 0 bridgehead atoms. The second-order valence-corrected chi connectivity index (χ2v) is 6.78. The lowest BCUT2D eigenvalue weighted by atomic mass is 11.6. The summed E-state index contributed by atoms with van der Waals surface area (Å²) in [5.41, 5.74) is 0. The average molecular weight is 240 g/mol. The molecule has 0 radical (unpaired) electrons. The summed E-state index contributed by atoms with van der Waals surface area (Å²) in [6.45, 7) is -8.52. The Labute approximate surface area is 73.1 Å². The zero-order valence-electron chi connectivity index (χ0n) is 5.02. The molecule has 0 aromatic heterocycles. The smallest absolute Gasteiger partial charge is 0.324 e. The fraction of sp³-hybridized carbons (Fsp3) is 1.00. The Morgan fingerprint density at radius 1 is 1.36 bits per heavy atom. The van der Waals surface area contributed by atoms with E-state index in [0.29, 0.717) is 0 Å². The summed E-state index contributed by atoms with van der Waals surface area (Å²) >= 11 is 7.11. The molecule has 10 heteroatoms. The lowest BCUT2D eigenvalue weighted by Crippen LogP contribution is -1.93. The predicted molar refractivity (Wildman–Crippen MR) is 44.6 cm³/mol. The zero-order valence-corrected chi connectivity index (χ0v) is 8.52. The van der Waals surface area contributed by atoms with Crippen molar-refractivity contribution in [2.75, 3.05) is 6.79 Å². The quantitative estimate of drug-likeness (QED) is 0.317. The van der Waals surface area contributed by atoms with Crippen LogP contribution in [0.4, 0.5) is 0 Å². The third-order valence-electron chi connectivity index (χ3n) is 0.442. The molecule has 68 valence electrons. The van der Waals surface area contributed by atoms with Gasteiger partial charge in [0.05, 0.1) is 0 Å². The molecular weight excluding hydrogens is 234 g/mol. The van der Waals surface area contributed by atoms with Gasteiger partial charge in [0.15, 0.2) is 6.79 Å². The van der Waals surface area contributed by atoms with E-state index in [1.165, 1.54) is 0 Å². The highest BCUT2D eigenvalue weighted by Gasteiger charge is 2.14. The summed E-state index contributed by atoms with van der Waals surface area (Å²) in [5, 5.41) is 0. The van der Waals surface area contributed by atoms with Gasteiger partial charge in [0.2, 0.25) is 0 Å². The molecule has 0 fully saturated rings. The molecule has 0 rings (SSSR count). The van der Waals surface area contributed by atoms with Crippen LogP contribution in [0.2, 0.25) is 0 Å². The van der Waals surface area contributed by atoms with Gasteiger partial charge < -0.3 is 14.7 Å². The highest BCUT2D eigenvalue weighted by Crippen LogP contribution is 2.48. The molecule has 0 aromatic rings. The largest absolute Gasteiger partial charge is 0.385 e. The highest BCUT2D eigenvalue weighted by atomic mass is 32.7. The van der Waals surface area contributed by atoms with Gasteiger partial charge in [-0.25, -0.2) is 4.57 Å². The van der Waals surface area contributed by atoms with Crippen LogP contribution in [0.5, 0.6) is 0 Å². The third-order valence-corrected chi connectivity index (χ3v) is 1.99. The van der Waals surface area contributed by atoms with Crippen molar-refractivity contribution in [2.24, 2.45) is 0 Å². The maximum Gasteiger partial charge on any atom is 0.385 e. The van der Waals surface area contributed by atoms with E-state index in [2.05, 4.69) is 33.1 Å². The molecule has 6 nitrogen and oxygen atoms in total. The third kappa shape index (κ3) is 11.0. The Bertz CT molecular complexity index is 181. The number of hydrogen-bond acceptors (Lipinski definition) is 4. The normalized spacial score (nSPS) is 17.8. The number of rotatable bonds is 4. The van der Waals surface area contributed by atoms with Crippen molar-refractivity contribution in [3.05, 3.63) is 0 Å².